The smallest absolute Gasteiger partial charge is 0.319 e. The van der Waals surface area contributed by atoms with Crippen molar-refractivity contribution in [1.29, 1.82) is 0 Å². The molecule has 1 aromatic rings. The molecule has 0 spiro atoms. The quantitative estimate of drug-likeness (QED) is 0.775. The van der Waals surface area contributed by atoms with Crippen molar-refractivity contribution in [3.63, 3.8) is 0 Å². The SMILES string of the molecule is CC1(C(=O)O)CCCC1NC(=O)Nc1cc(Br)ccc1F. The lowest BCUT2D eigenvalue weighted by molar-refractivity contribution is -0.148. The fraction of sp³-hybridized carbons (Fsp3) is 0.429. The summed E-state index contributed by atoms with van der Waals surface area (Å²) in [5.41, 5.74) is -0.940. The molecule has 114 valence electrons. The summed E-state index contributed by atoms with van der Waals surface area (Å²) in [6, 6.07) is 3.13. The summed E-state index contributed by atoms with van der Waals surface area (Å²) in [4.78, 5) is 23.3. The van der Waals surface area contributed by atoms with Gasteiger partial charge in [-0.25, -0.2) is 9.18 Å². The number of amides is 2. The highest BCUT2D eigenvalue weighted by molar-refractivity contribution is 9.10. The van der Waals surface area contributed by atoms with Crippen molar-refractivity contribution in [3.05, 3.63) is 28.5 Å². The van der Waals surface area contributed by atoms with Crippen molar-refractivity contribution in [2.45, 2.75) is 32.2 Å². The van der Waals surface area contributed by atoms with E-state index < -0.39 is 29.3 Å². The van der Waals surface area contributed by atoms with Crippen LogP contribution < -0.4 is 10.6 Å². The predicted octanol–water partition coefficient (Wildman–Crippen LogP) is 3.35. The predicted molar refractivity (Wildman–Crippen MR) is 79.6 cm³/mol. The van der Waals surface area contributed by atoms with Crippen LogP contribution in [0.2, 0.25) is 0 Å². The average molecular weight is 359 g/mol. The lowest BCUT2D eigenvalue weighted by Crippen LogP contribution is -2.48. The molecular weight excluding hydrogens is 343 g/mol. The van der Waals surface area contributed by atoms with Crippen LogP contribution in [-0.2, 0) is 4.79 Å². The van der Waals surface area contributed by atoms with Gasteiger partial charge in [-0.1, -0.05) is 22.4 Å². The Kier molecular flexibility index (Phi) is 4.51. The average Bonchev–Trinajstić information content (AvgIpc) is 2.77. The van der Waals surface area contributed by atoms with Gasteiger partial charge in [0.25, 0.3) is 0 Å². The number of anilines is 1. The first-order valence-corrected chi connectivity index (χ1v) is 7.38. The molecule has 0 bridgehead atoms. The van der Waals surface area contributed by atoms with Gasteiger partial charge < -0.3 is 15.7 Å². The summed E-state index contributed by atoms with van der Waals surface area (Å²) in [5, 5.41) is 14.3. The van der Waals surface area contributed by atoms with Crippen LogP contribution in [0.4, 0.5) is 14.9 Å². The highest BCUT2D eigenvalue weighted by Gasteiger charge is 2.45. The van der Waals surface area contributed by atoms with Crippen LogP contribution in [0.1, 0.15) is 26.2 Å². The fourth-order valence-corrected chi connectivity index (χ4v) is 2.92. The Labute approximate surface area is 130 Å². The number of halogens is 2. The zero-order valence-electron chi connectivity index (χ0n) is 11.5. The topological polar surface area (TPSA) is 78.4 Å². The van der Waals surface area contributed by atoms with Gasteiger partial charge in [0.15, 0.2) is 0 Å². The minimum absolute atomic E-state index is 0.0388. The molecule has 0 heterocycles. The fourth-order valence-electron chi connectivity index (χ4n) is 2.56. The van der Waals surface area contributed by atoms with Crippen molar-refractivity contribution in [2.75, 3.05) is 5.32 Å². The first-order chi connectivity index (χ1) is 9.83. The van der Waals surface area contributed by atoms with Gasteiger partial charge in [0.1, 0.15) is 5.82 Å². The second-order valence-electron chi connectivity index (χ2n) is 5.39. The van der Waals surface area contributed by atoms with E-state index in [1.54, 1.807) is 6.92 Å². The van der Waals surface area contributed by atoms with Crippen molar-refractivity contribution < 1.29 is 19.1 Å². The first-order valence-electron chi connectivity index (χ1n) is 6.59. The normalized spacial score (nSPS) is 24.6. The summed E-state index contributed by atoms with van der Waals surface area (Å²) >= 11 is 3.20. The standard InChI is InChI=1S/C14H16BrFN2O3/c1-14(12(19)20)6-2-3-11(14)18-13(21)17-10-7-8(15)4-5-9(10)16/h4-5,7,11H,2-3,6H2,1H3,(H,19,20)(H2,17,18,21). The lowest BCUT2D eigenvalue weighted by Gasteiger charge is -2.27. The van der Waals surface area contributed by atoms with Crippen LogP contribution in [0.5, 0.6) is 0 Å². The zero-order valence-corrected chi connectivity index (χ0v) is 13.0. The van der Waals surface area contributed by atoms with Crippen LogP contribution in [0.15, 0.2) is 22.7 Å². The summed E-state index contributed by atoms with van der Waals surface area (Å²) in [5.74, 6) is -1.49. The number of hydrogen-bond donors (Lipinski definition) is 3. The monoisotopic (exact) mass is 358 g/mol. The Morgan fingerprint density at radius 1 is 1.48 bits per heavy atom. The number of rotatable bonds is 3. The van der Waals surface area contributed by atoms with Gasteiger partial charge >= 0.3 is 12.0 Å². The first kappa shape index (κ1) is 15.8. The second-order valence-corrected chi connectivity index (χ2v) is 6.31. The maximum Gasteiger partial charge on any atom is 0.319 e. The van der Waals surface area contributed by atoms with Gasteiger partial charge in [-0.2, -0.15) is 0 Å². The van der Waals surface area contributed by atoms with Crippen molar-refractivity contribution in [2.24, 2.45) is 5.41 Å². The minimum Gasteiger partial charge on any atom is -0.481 e. The largest absolute Gasteiger partial charge is 0.481 e. The molecule has 1 saturated carbocycles. The highest BCUT2D eigenvalue weighted by atomic mass is 79.9. The summed E-state index contributed by atoms with van der Waals surface area (Å²) in [6.07, 6.45) is 1.84. The van der Waals surface area contributed by atoms with Crippen molar-refractivity contribution >= 4 is 33.6 Å². The van der Waals surface area contributed by atoms with Crippen molar-refractivity contribution in [1.82, 2.24) is 5.32 Å². The number of carboxylic acids is 1. The molecule has 1 fully saturated rings. The molecule has 0 aromatic heterocycles. The third-order valence-corrected chi connectivity index (χ3v) is 4.42. The molecule has 7 heteroatoms. The molecule has 21 heavy (non-hydrogen) atoms. The van der Waals surface area contributed by atoms with Crippen LogP contribution in [0.25, 0.3) is 0 Å². The second kappa shape index (κ2) is 6.01. The van der Waals surface area contributed by atoms with Crippen LogP contribution in [-0.4, -0.2) is 23.1 Å². The van der Waals surface area contributed by atoms with Crippen LogP contribution >= 0.6 is 15.9 Å². The van der Waals surface area contributed by atoms with Gasteiger partial charge in [-0.05, 0) is 38.0 Å². The van der Waals surface area contributed by atoms with Gasteiger partial charge in [0, 0.05) is 10.5 Å². The number of hydrogen-bond acceptors (Lipinski definition) is 2. The summed E-state index contributed by atoms with van der Waals surface area (Å²) in [7, 11) is 0. The molecule has 1 aromatic carbocycles. The van der Waals surface area contributed by atoms with E-state index in [0.717, 1.165) is 6.42 Å². The maximum absolute atomic E-state index is 13.6. The Morgan fingerprint density at radius 3 is 2.86 bits per heavy atom. The van der Waals surface area contributed by atoms with E-state index in [1.165, 1.54) is 18.2 Å². The molecule has 2 atom stereocenters. The van der Waals surface area contributed by atoms with E-state index in [2.05, 4.69) is 26.6 Å². The van der Waals surface area contributed by atoms with E-state index in [4.69, 9.17) is 0 Å². The molecule has 2 unspecified atom stereocenters. The molecule has 0 aliphatic heterocycles. The number of carbonyl (C=O) groups excluding carboxylic acids is 1. The van der Waals surface area contributed by atoms with E-state index >= 15 is 0 Å². The van der Waals surface area contributed by atoms with Gasteiger partial charge in [0.05, 0.1) is 11.1 Å². The molecule has 0 saturated heterocycles. The molecule has 5 nitrogen and oxygen atoms in total. The number of carbonyl (C=O) groups is 2. The third-order valence-electron chi connectivity index (χ3n) is 3.93. The van der Waals surface area contributed by atoms with Crippen LogP contribution in [0.3, 0.4) is 0 Å². The minimum atomic E-state index is -0.979. The van der Waals surface area contributed by atoms with E-state index in [0.29, 0.717) is 17.3 Å². The van der Waals surface area contributed by atoms with Crippen LogP contribution in [0, 0.1) is 11.2 Å². The van der Waals surface area contributed by atoms with Gasteiger partial charge in [0.2, 0.25) is 0 Å². The summed E-state index contributed by atoms with van der Waals surface area (Å²) in [6.45, 7) is 1.62. The maximum atomic E-state index is 13.6. The number of carboxylic acid groups (broad SMARTS) is 1. The zero-order chi connectivity index (χ0) is 15.6. The Morgan fingerprint density at radius 2 is 2.19 bits per heavy atom. The van der Waals surface area contributed by atoms with Crippen molar-refractivity contribution in [3.8, 4) is 0 Å². The molecule has 3 N–H and O–H groups in total. The molecule has 2 amide bonds. The van der Waals surface area contributed by atoms with E-state index in [1.807, 2.05) is 0 Å². The van der Waals surface area contributed by atoms with Gasteiger partial charge in [-0.3, -0.25) is 4.79 Å². The number of aliphatic carboxylic acids is 1. The number of urea groups is 1. The molecule has 1 aliphatic carbocycles. The highest BCUT2D eigenvalue weighted by Crippen LogP contribution is 2.38. The molecule has 1 aliphatic rings. The molecule has 2 rings (SSSR count). The Hall–Kier alpha value is -1.63. The number of benzene rings is 1. The number of nitrogens with one attached hydrogen (secondary N) is 2. The van der Waals surface area contributed by atoms with E-state index in [9.17, 15) is 19.1 Å². The Balaban J connectivity index is 2.05. The lowest BCUT2D eigenvalue weighted by atomic mass is 9.85. The molecule has 0 radical (unpaired) electrons. The van der Waals surface area contributed by atoms with Gasteiger partial charge in [-0.15, -0.1) is 0 Å². The Bertz CT molecular complexity index is 581. The van der Waals surface area contributed by atoms with E-state index in [-0.39, 0.29) is 5.69 Å². The third kappa shape index (κ3) is 3.34. The molecular formula is C14H16BrFN2O3. The summed E-state index contributed by atoms with van der Waals surface area (Å²) < 4.78 is 14.2.